The van der Waals surface area contributed by atoms with E-state index in [-0.39, 0.29) is 5.41 Å². The SMILES string of the molecule is CC(C)[C@@H](C)[C@H]1O[C@@H]1[C@@H](C)[C@H]1CC[C@H]2C3=CC=C4[C@@H](O)[C@H](O)CC[C@]4(C)[C@H]3CC[C@]12C. The molecule has 11 atom stereocenters. The Kier molecular flexibility index (Phi) is 5.32. The lowest BCUT2D eigenvalue weighted by Crippen LogP contribution is -2.50. The number of aliphatic hydroxyl groups is 2. The molecule has 3 saturated carbocycles. The van der Waals surface area contributed by atoms with Gasteiger partial charge in [-0.25, -0.2) is 0 Å². The normalized spacial score (nSPS) is 50.7. The molecule has 3 nitrogen and oxygen atoms in total. The molecule has 0 spiro atoms. The highest BCUT2D eigenvalue weighted by atomic mass is 16.6. The second kappa shape index (κ2) is 7.43. The summed E-state index contributed by atoms with van der Waals surface area (Å²) >= 11 is 0. The third kappa shape index (κ3) is 3.16. The second-order valence-corrected chi connectivity index (χ2v) is 12.6. The van der Waals surface area contributed by atoms with E-state index in [0.717, 1.165) is 24.3 Å². The fourth-order valence-corrected chi connectivity index (χ4v) is 8.55. The van der Waals surface area contributed by atoms with E-state index in [1.807, 2.05) is 0 Å². The Hall–Kier alpha value is -0.640. The van der Waals surface area contributed by atoms with Crippen molar-refractivity contribution in [2.75, 3.05) is 0 Å². The molecule has 4 fully saturated rings. The van der Waals surface area contributed by atoms with Crippen molar-refractivity contribution in [1.29, 1.82) is 0 Å². The Labute approximate surface area is 189 Å². The average molecular weight is 429 g/mol. The lowest BCUT2D eigenvalue weighted by atomic mass is 9.49. The van der Waals surface area contributed by atoms with Gasteiger partial charge in [-0.2, -0.15) is 0 Å². The Morgan fingerprint density at radius 3 is 2.35 bits per heavy atom. The second-order valence-electron chi connectivity index (χ2n) is 12.6. The van der Waals surface area contributed by atoms with Crippen LogP contribution in [0.15, 0.2) is 23.3 Å². The summed E-state index contributed by atoms with van der Waals surface area (Å²) in [6.07, 6.45) is 11.0. The zero-order valence-corrected chi connectivity index (χ0v) is 20.5. The summed E-state index contributed by atoms with van der Waals surface area (Å²) in [7, 11) is 0. The van der Waals surface area contributed by atoms with E-state index < -0.39 is 12.2 Å². The zero-order chi connectivity index (χ0) is 22.3. The monoisotopic (exact) mass is 428 g/mol. The Balaban J connectivity index is 1.38. The van der Waals surface area contributed by atoms with Gasteiger partial charge in [0.05, 0.1) is 18.3 Å². The van der Waals surface area contributed by atoms with Gasteiger partial charge in [-0.05, 0) is 90.4 Å². The van der Waals surface area contributed by atoms with Crippen molar-refractivity contribution < 1.29 is 14.9 Å². The first kappa shape index (κ1) is 22.2. The summed E-state index contributed by atoms with van der Waals surface area (Å²) in [5.74, 6) is 3.90. The van der Waals surface area contributed by atoms with Crippen LogP contribution >= 0.6 is 0 Å². The van der Waals surface area contributed by atoms with E-state index in [4.69, 9.17) is 4.74 Å². The average Bonchev–Trinajstić information content (AvgIpc) is 3.44. The zero-order valence-electron chi connectivity index (χ0n) is 20.5. The van der Waals surface area contributed by atoms with Crippen LogP contribution in [-0.4, -0.2) is 34.6 Å². The molecule has 0 bridgehead atoms. The third-order valence-corrected chi connectivity index (χ3v) is 11.0. The molecule has 0 aromatic carbocycles. The predicted molar refractivity (Wildman–Crippen MR) is 124 cm³/mol. The van der Waals surface area contributed by atoms with Gasteiger partial charge in [0, 0.05) is 0 Å². The molecule has 1 saturated heterocycles. The van der Waals surface area contributed by atoms with Crippen LogP contribution in [0, 0.1) is 46.3 Å². The fourth-order valence-electron chi connectivity index (χ4n) is 8.55. The number of hydrogen-bond donors (Lipinski definition) is 2. The number of ether oxygens (including phenoxy) is 1. The number of epoxide rings is 1. The lowest BCUT2D eigenvalue weighted by molar-refractivity contribution is -0.0286. The number of rotatable bonds is 4. The lowest BCUT2D eigenvalue weighted by Gasteiger charge is -2.56. The Bertz CT molecular complexity index is 783. The van der Waals surface area contributed by atoms with Crippen molar-refractivity contribution >= 4 is 0 Å². The highest BCUT2D eigenvalue weighted by molar-refractivity contribution is 5.40. The van der Waals surface area contributed by atoms with Crippen LogP contribution in [0.3, 0.4) is 0 Å². The van der Waals surface area contributed by atoms with E-state index >= 15 is 0 Å². The number of aliphatic hydroxyl groups excluding tert-OH is 2. The van der Waals surface area contributed by atoms with Gasteiger partial charge in [0.1, 0.15) is 6.10 Å². The molecule has 1 heterocycles. The van der Waals surface area contributed by atoms with Crippen molar-refractivity contribution in [3.8, 4) is 0 Å². The fraction of sp³-hybridized carbons (Fsp3) is 0.857. The first-order chi connectivity index (χ1) is 14.6. The van der Waals surface area contributed by atoms with Gasteiger partial charge in [-0.15, -0.1) is 0 Å². The van der Waals surface area contributed by atoms with Gasteiger partial charge in [0.15, 0.2) is 0 Å². The smallest absolute Gasteiger partial charge is 0.102 e. The molecule has 0 radical (unpaired) electrons. The standard InChI is InChI=1S/C28H44O3/c1-15(2)16(3)25-26(31-25)17(4)19-9-10-20-18-7-8-22-24(30)23(29)12-14-28(22,6)21(18)11-13-27(19,20)5/h7-8,15-17,19-21,23-26,29-30H,9-14H2,1-6H3/t16-,17+,19-,20+,21+,23-,24-,25-,26-,27-,28-/m1/s1. The largest absolute Gasteiger partial charge is 0.390 e. The van der Waals surface area contributed by atoms with Crippen molar-refractivity contribution in [3.63, 3.8) is 0 Å². The Morgan fingerprint density at radius 1 is 0.903 bits per heavy atom. The van der Waals surface area contributed by atoms with Crippen LogP contribution in [0.5, 0.6) is 0 Å². The van der Waals surface area contributed by atoms with Gasteiger partial charge in [0.25, 0.3) is 0 Å². The molecular formula is C28H44O3. The van der Waals surface area contributed by atoms with E-state index in [2.05, 4.69) is 53.7 Å². The van der Waals surface area contributed by atoms with Crippen LogP contribution < -0.4 is 0 Å². The van der Waals surface area contributed by atoms with Gasteiger partial charge < -0.3 is 14.9 Å². The minimum atomic E-state index is -0.687. The number of fused-ring (bicyclic) bond motifs is 5. The first-order valence-electron chi connectivity index (χ1n) is 13.0. The van der Waals surface area contributed by atoms with Gasteiger partial charge in [-0.1, -0.05) is 59.3 Å². The minimum absolute atomic E-state index is 0.0190. The predicted octanol–water partition coefficient (Wildman–Crippen LogP) is 5.51. The van der Waals surface area contributed by atoms with Crippen LogP contribution in [-0.2, 0) is 4.74 Å². The molecular weight excluding hydrogens is 384 g/mol. The summed E-state index contributed by atoms with van der Waals surface area (Å²) < 4.78 is 6.28. The molecule has 0 unspecified atom stereocenters. The summed E-state index contributed by atoms with van der Waals surface area (Å²) in [4.78, 5) is 0. The molecule has 31 heavy (non-hydrogen) atoms. The molecule has 0 amide bonds. The molecule has 5 rings (SSSR count). The molecule has 0 aromatic rings. The third-order valence-electron chi connectivity index (χ3n) is 11.0. The highest BCUT2D eigenvalue weighted by Crippen LogP contribution is 2.66. The quantitative estimate of drug-likeness (QED) is 0.580. The molecule has 4 aliphatic carbocycles. The van der Waals surface area contributed by atoms with Gasteiger partial charge in [0.2, 0.25) is 0 Å². The van der Waals surface area contributed by atoms with E-state index in [1.54, 1.807) is 5.57 Å². The van der Waals surface area contributed by atoms with E-state index in [0.29, 0.717) is 47.2 Å². The van der Waals surface area contributed by atoms with Gasteiger partial charge in [-0.3, -0.25) is 0 Å². The first-order valence-corrected chi connectivity index (χ1v) is 13.0. The maximum Gasteiger partial charge on any atom is 0.102 e. The number of hydrogen-bond acceptors (Lipinski definition) is 3. The van der Waals surface area contributed by atoms with Gasteiger partial charge >= 0.3 is 0 Å². The molecule has 3 heteroatoms. The van der Waals surface area contributed by atoms with Crippen LogP contribution in [0.4, 0.5) is 0 Å². The highest BCUT2D eigenvalue weighted by Gasteiger charge is 2.60. The van der Waals surface area contributed by atoms with Crippen molar-refractivity contribution in [3.05, 3.63) is 23.3 Å². The van der Waals surface area contributed by atoms with Crippen LogP contribution in [0.2, 0.25) is 0 Å². The van der Waals surface area contributed by atoms with E-state index in [9.17, 15) is 10.2 Å². The van der Waals surface area contributed by atoms with Crippen molar-refractivity contribution in [1.82, 2.24) is 0 Å². The molecule has 2 N–H and O–H groups in total. The van der Waals surface area contributed by atoms with Crippen molar-refractivity contribution in [2.45, 2.75) is 104 Å². The topological polar surface area (TPSA) is 53.0 Å². The summed E-state index contributed by atoms with van der Waals surface area (Å²) in [5.41, 5.74) is 3.13. The van der Waals surface area contributed by atoms with E-state index in [1.165, 1.54) is 25.7 Å². The molecule has 0 aromatic heterocycles. The summed E-state index contributed by atoms with van der Waals surface area (Å²) in [6.45, 7) is 14.4. The maximum absolute atomic E-state index is 10.7. The molecule has 1 aliphatic heterocycles. The molecule has 5 aliphatic rings. The van der Waals surface area contributed by atoms with Crippen LogP contribution in [0.25, 0.3) is 0 Å². The van der Waals surface area contributed by atoms with Crippen LogP contribution in [0.1, 0.15) is 80.1 Å². The maximum atomic E-state index is 10.7. The van der Waals surface area contributed by atoms with Crippen molar-refractivity contribution in [2.24, 2.45) is 46.3 Å². The summed E-state index contributed by atoms with van der Waals surface area (Å²) in [6, 6.07) is 0. The Morgan fingerprint density at radius 2 is 1.65 bits per heavy atom. The minimum Gasteiger partial charge on any atom is -0.390 e. The summed E-state index contributed by atoms with van der Waals surface area (Å²) in [5, 5.41) is 20.9. The molecule has 174 valence electrons. The number of allylic oxidation sites excluding steroid dienone is 3.